The molecule has 0 saturated carbocycles. The molecular formula is C14H15N3O4. The standard InChI is InChI=1S/C14H15N3O4/c1-21-14(20)12(8-18)16-13(19)11-7-17(9-15-11)10-5-3-2-4-6-10/h2-7,9,12,18H,8H2,1H3,(H,16,19)/t12-/m0/s1. The van der Waals surface area contributed by atoms with Gasteiger partial charge in [-0.05, 0) is 12.1 Å². The normalized spacial score (nSPS) is 11.7. The Hall–Kier alpha value is -2.67. The Morgan fingerprint density at radius 2 is 2.10 bits per heavy atom. The van der Waals surface area contributed by atoms with E-state index in [1.165, 1.54) is 19.6 Å². The van der Waals surface area contributed by atoms with Crippen LogP contribution in [0.15, 0.2) is 42.9 Å². The van der Waals surface area contributed by atoms with E-state index in [4.69, 9.17) is 5.11 Å². The number of benzene rings is 1. The zero-order chi connectivity index (χ0) is 15.2. The molecule has 0 bridgehead atoms. The summed E-state index contributed by atoms with van der Waals surface area (Å²) in [5.74, 6) is -1.28. The van der Waals surface area contributed by atoms with Crippen LogP contribution in [0.25, 0.3) is 5.69 Å². The summed E-state index contributed by atoms with van der Waals surface area (Å²) in [6.07, 6.45) is 3.03. The van der Waals surface area contributed by atoms with E-state index in [0.29, 0.717) is 0 Å². The molecule has 0 aliphatic rings. The molecule has 0 unspecified atom stereocenters. The van der Waals surface area contributed by atoms with Crippen LogP contribution in [0, 0.1) is 0 Å². The molecule has 1 aromatic heterocycles. The molecule has 2 rings (SSSR count). The van der Waals surface area contributed by atoms with Crippen molar-refractivity contribution in [3.05, 3.63) is 48.5 Å². The molecule has 0 fully saturated rings. The number of esters is 1. The van der Waals surface area contributed by atoms with Crippen LogP contribution in [0.3, 0.4) is 0 Å². The summed E-state index contributed by atoms with van der Waals surface area (Å²) in [5.41, 5.74) is 0.997. The Morgan fingerprint density at radius 3 is 2.71 bits per heavy atom. The molecule has 1 amide bonds. The number of nitrogens with one attached hydrogen (secondary N) is 1. The molecule has 0 aliphatic heterocycles. The highest BCUT2D eigenvalue weighted by Crippen LogP contribution is 2.08. The monoisotopic (exact) mass is 289 g/mol. The van der Waals surface area contributed by atoms with Crippen LogP contribution >= 0.6 is 0 Å². The second-order valence-corrected chi connectivity index (χ2v) is 4.23. The fraction of sp³-hybridized carbons (Fsp3) is 0.214. The van der Waals surface area contributed by atoms with Crippen molar-refractivity contribution in [3.8, 4) is 5.69 Å². The van der Waals surface area contributed by atoms with Crippen molar-refractivity contribution < 1.29 is 19.4 Å². The number of nitrogens with zero attached hydrogens (tertiary/aromatic N) is 2. The van der Waals surface area contributed by atoms with E-state index in [9.17, 15) is 9.59 Å². The Bertz CT molecular complexity index is 624. The van der Waals surface area contributed by atoms with Gasteiger partial charge in [-0.1, -0.05) is 18.2 Å². The predicted octanol–water partition coefficient (Wildman–Crippen LogP) is 0.136. The van der Waals surface area contributed by atoms with Crippen molar-refractivity contribution in [2.24, 2.45) is 0 Å². The van der Waals surface area contributed by atoms with Gasteiger partial charge in [0.05, 0.1) is 13.7 Å². The van der Waals surface area contributed by atoms with Gasteiger partial charge in [0.25, 0.3) is 5.91 Å². The molecule has 7 nitrogen and oxygen atoms in total. The number of rotatable bonds is 5. The second-order valence-electron chi connectivity index (χ2n) is 4.23. The SMILES string of the molecule is COC(=O)[C@H](CO)NC(=O)c1cn(-c2ccccc2)cn1. The number of amides is 1. The first-order valence-corrected chi connectivity index (χ1v) is 6.24. The number of carbonyl (C=O) groups excluding carboxylic acids is 2. The van der Waals surface area contributed by atoms with Crippen LogP contribution in [-0.4, -0.2) is 46.3 Å². The number of aliphatic hydroxyl groups is 1. The number of methoxy groups -OCH3 is 1. The molecule has 1 aromatic carbocycles. The summed E-state index contributed by atoms with van der Waals surface area (Å²) in [6, 6.07) is 8.26. The molecular weight excluding hydrogens is 274 g/mol. The van der Waals surface area contributed by atoms with Crippen molar-refractivity contribution in [2.75, 3.05) is 13.7 Å². The Balaban J connectivity index is 2.11. The first-order valence-electron chi connectivity index (χ1n) is 6.24. The van der Waals surface area contributed by atoms with Crippen LogP contribution in [-0.2, 0) is 9.53 Å². The van der Waals surface area contributed by atoms with E-state index in [-0.39, 0.29) is 5.69 Å². The molecule has 0 saturated heterocycles. The molecule has 0 spiro atoms. The zero-order valence-electron chi connectivity index (χ0n) is 11.4. The molecule has 1 atom stereocenters. The van der Waals surface area contributed by atoms with Crippen LogP contribution in [0.1, 0.15) is 10.5 Å². The maximum atomic E-state index is 12.0. The van der Waals surface area contributed by atoms with E-state index in [0.717, 1.165) is 5.69 Å². The number of carbonyl (C=O) groups is 2. The third-order valence-electron chi connectivity index (χ3n) is 2.84. The topological polar surface area (TPSA) is 93.5 Å². The van der Waals surface area contributed by atoms with Crippen molar-refractivity contribution in [2.45, 2.75) is 6.04 Å². The van der Waals surface area contributed by atoms with Crippen molar-refractivity contribution in [1.82, 2.24) is 14.9 Å². The van der Waals surface area contributed by atoms with Gasteiger partial charge in [-0.25, -0.2) is 9.78 Å². The number of aliphatic hydroxyl groups excluding tert-OH is 1. The first-order chi connectivity index (χ1) is 10.2. The summed E-state index contributed by atoms with van der Waals surface area (Å²) < 4.78 is 6.16. The quantitative estimate of drug-likeness (QED) is 0.763. The molecule has 2 N–H and O–H groups in total. The van der Waals surface area contributed by atoms with Gasteiger partial charge in [0, 0.05) is 11.9 Å². The maximum Gasteiger partial charge on any atom is 0.330 e. The van der Waals surface area contributed by atoms with Gasteiger partial charge < -0.3 is 19.7 Å². The summed E-state index contributed by atoms with van der Waals surface area (Å²) >= 11 is 0. The van der Waals surface area contributed by atoms with E-state index >= 15 is 0 Å². The second kappa shape index (κ2) is 6.67. The summed E-state index contributed by atoms with van der Waals surface area (Å²) in [4.78, 5) is 27.3. The predicted molar refractivity (Wildman–Crippen MR) is 73.9 cm³/mol. The number of imidazole rings is 1. The average Bonchev–Trinajstić information content (AvgIpc) is 3.02. The van der Waals surface area contributed by atoms with E-state index in [2.05, 4.69) is 15.0 Å². The van der Waals surface area contributed by atoms with E-state index < -0.39 is 24.5 Å². The zero-order valence-corrected chi connectivity index (χ0v) is 11.4. The smallest absolute Gasteiger partial charge is 0.330 e. The highest BCUT2D eigenvalue weighted by atomic mass is 16.5. The minimum absolute atomic E-state index is 0.140. The summed E-state index contributed by atoms with van der Waals surface area (Å²) in [5, 5.41) is 11.4. The molecule has 0 aliphatic carbocycles. The van der Waals surface area contributed by atoms with E-state index in [1.54, 1.807) is 4.57 Å². The summed E-state index contributed by atoms with van der Waals surface area (Å²) in [7, 11) is 1.18. The minimum Gasteiger partial charge on any atom is -0.467 e. The third kappa shape index (κ3) is 3.46. The number of hydrogen-bond acceptors (Lipinski definition) is 5. The van der Waals surface area contributed by atoms with E-state index in [1.807, 2.05) is 30.3 Å². The number of ether oxygens (including phenoxy) is 1. The van der Waals surface area contributed by atoms with Gasteiger partial charge in [-0.3, -0.25) is 4.79 Å². The largest absolute Gasteiger partial charge is 0.467 e. The lowest BCUT2D eigenvalue weighted by Gasteiger charge is -2.12. The fourth-order valence-corrected chi connectivity index (χ4v) is 1.73. The molecule has 2 aromatic rings. The molecule has 110 valence electrons. The lowest BCUT2D eigenvalue weighted by atomic mass is 10.3. The fourth-order valence-electron chi connectivity index (χ4n) is 1.73. The van der Waals surface area contributed by atoms with Gasteiger partial charge >= 0.3 is 5.97 Å². The van der Waals surface area contributed by atoms with Gasteiger partial charge in [0.2, 0.25) is 0 Å². The van der Waals surface area contributed by atoms with Gasteiger partial charge in [0.1, 0.15) is 12.0 Å². The Labute approximate surface area is 121 Å². The average molecular weight is 289 g/mol. The van der Waals surface area contributed by atoms with Gasteiger partial charge in [-0.15, -0.1) is 0 Å². The minimum atomic E-state index is -1.11. The highest BCUT2D eigenvalue weighted by Gasteiger charge is 2.22. The molecule has 21 heavy (non-hydrogen) atoms. The van der Waals surface area contributed by atoms with Crippen molar-refractivity contribution in [3.63, 3.8) is 0 Å². The van der Waals surface area contributed by atoms with Gasteiger partial charge in [0.15, 0.2) is 6.04 Å². The van der Waals surface area contributed by atoms with Crippen LogP contribution in [0.2, 0.25) is 0 Å². The summed E-state index contributed by atoms with van der Waals surface area (Å²) in [6.45, 7) is -0.544. The Morgan fingerprint density at radius 1 is 1.38 bits per heavy atom. The first kappa shape index (κ1) is 14.7. The lowest BCUT2D eigenvalue weighted by Crippen LogP contribution is -2.44. The maximum absolute atomic E-state index is 12.0. The molecule has 7 heteroatoms. The number of hydrogen-bond donors (Lipinski definition) is 2. The lowest BCUT2D eigenvalue weighted by molar-refractivity contribution is -0.143. The highest BCUT2D eigenvalue weighted by molar-refractivity contribution is 5.95. The number of para-hydroxylation sites is 1. The van der Waals surface area contributed by atoms with Crippen LogP contribution < -0.4 is 5.32 Å². The Kier molecular flexibility index (Phi) is 4.68. The molecule has 1 heterocycles. The third-order valence-corrected chi connectivity index (χ3v) is 2.84. The van der Waals surface area contributed by atoms with Crippen molar-refractivity contribution >= 4 is 11.9 Å². The molecule has 0 radical (unpaired) electrons. The number of aromatic nitrogens is 2. The van der Waals surface area contributed by atoms with Gasteiger partial charge in [-0.2, -0.15) is 0 Å². The van der Waals surface area contributed by atoms with Crippen molar-refractivity contribution in [1.29, 1.82) is 0 Å². The van der Waals surface area contributed by atoms with Crippen LogP contribution in [0.4, 0.5) is 0 Å². The van der Waals surface area contributed by atoms with Crippen LogP contribution in [0.5, 0.6) is 0 Å².